The molecule has 4 rings (SSSR count). The van der Waals surface area contributed by atoms with Crippen LogP contribution in [0.25, 0.3) is 11.6 Å². The van der Waals surface area contributed by atoms with Crippen LogP contribution in [0, 0.1) is 0 Å². The van der Waals surface area contributed by atoms with E-state index in [1.165, 1.54) is 0 Å². The Morgan fingerprint density at radius 2 is 1.70 bits per heavy atom. The first-order chi connectivity index (χ1) is 11.0. The zero-order valence-corrected chi connectivity index (χ0v) is 12.0. The van der Waals surface area contributed by atoms with E-state index >= 15 is 0 Å². The van der Waals surface area contributed by atoms with Crippen molar-refractivity contribution in [2.24, 2.45) is 4.99 Å². The van der Waals surface area contributed by atoms with Gasteiger partial charge in [0.25, 0.3) is 0 Å². The number of rotatable bonds is 1. The van der Waals surface area contributed by atoms with E-state index in [1.807, 2.05) is 36.4 Å². The molecule has 0 saturated carbocycles. The number of para-hydroxylation sites is 1. The summed E-state index contributed by atoms with van der Waals surface area (Å²) in [6.45, 7) is 0. The normalized spacial score (nSPS) is 20.6. The molecule has 0 spiro atoms. The Hall–Kier alpha value is -2.62. The largest absolute Gasteiger partial charge is 0.433 e. The van der Waals surface area contributed by atoms with Crippen molar-refractivity contribution in [2.75, 3.05) is 0 Å². The Balaban J connectivity index is 1.84. The quantitative estimate of drug-likeness (QED) is 0.656. The van der Waals surface area contributed by atoms with Gasteiger partial charge in [0.1, 0.15) is 0 Å². The monoisotopic (exact) mass is 311 g/mol. The molecule has 1 unspecified atom stereocenters. The molecule has 0 radical (unpaired) electrons. The van der Waals surface area contributed by atoms with Crippen LogP contribution in [0.2, 0.25) is 0 Å². The van der Waals surface area contributed by atoms with Crippen LogP contribution in [0.4, 0.5) is 18.9 Å². The van der Waals surface area contributed by atoms with Crippen molar-refractivity contribution in [2.45, 2.75) is 12.1 Å². The van der Waals surface area contributed by atoms with Gasteiger partial charge in [0.15, 0.2) is 5.71 Å². The van der Waals surface area contributed by atoms with Gasteiger partial charge in [0.2, 0.25) is 0 Å². The summed E-state index contributed by atoms with van der Waals surface area (Å²) in [5, 5.41) is 0. The Labute approximate surface area is 131 Å². The molecule has 23 heavy (non-hydrogen) atoms. The molecule has 114 valence electrons. The average molecular weight is 311 g/mol. The molecule has 4 heteroatoms. The van der Waals surface area contributed by atoms with Gasteiger partial charge in [-0.1, -0.05) is 60.7 Å². The number of benzene rings is 2. The van der Waals surface area contributed by atoms with Gasteiger partial charge in [-0.05, 0) is 17.2 Å². The second kappa shape index (κ2) is 4.95. The van der Waals surface area contributed by atoms with Crippen molar-refractivity contribution in [3.05, 3.63) is 77.4 Å². The van der Waals surface area contributed by atoms with Crippen LogP contribution in [0.15, 0.2) is 65.7 Å². The summed E-state index contributed by atoms with van der Waals surface area (Å²) in [5.41, 5.74) is 2.34. The Bertz CT molecular complexity index is 872. The maximum Gasteiger partial charge on any atom is 0.433 e. The SMILES string of the molecule is FC(F)(F)C1=Nc2ccccc2C1=CC1C=Cc2ccccc21. The number of allylic oxidation sites excluding steroid dienone is 3. The minimum Gasteiger partial charge on any atom is -0.243 e. The Morgan fingerprint density at radius 3 is 2.52 bits per heavy atom. The fraction of sp³-hybridized carbons (Fsp3) is 0.105. The molecule has 2 aliphatic rings. The first kappa shape index (κ1) is 14.0. The first-order valence-electron chi connectivity index (χ1n) is 7.28. The van der Waals surface area contributed by atoms with Gasteiger partial charge in [-0.2, -0.15) is 13.2 Å². The fourth-order valence-electron chi connectivity index (χ4n) is 3.09. The van der Waals surface area contributed by atoms with Crippen molar-refractivity contribution in [3.8, 4) is 0 Å². The molecule has 1 aliphatic heterocycles. The number of hydrogen-bond acceptors (Lipinski definition) is 1. The summed E-state index contributed by atoms with van der Waals surface area (Å²) in [7, 11) is 0. The predicted octanol–water partition coefficient (Wildman–Crippen LogP) is 5.53. The molecule has 1 nitrogen and oxygen atoms in total. The third-order valence-electron chi connectivity index (χ3n) is 4.13. The van der Waals surface area contributed by atoms with Crippen LogP contribution in [0.3, 0.4) is 0 Å². The molecule has 0 bridgehead atoms. The molecule has 0 saturated heterocycles. The highest BCUT2D eigenvalue weighted by Gasteiger charge is 2.42. The van der Waals surface area contributed by atoms with E-state index in [2.05, 4.69) is 4.99 Å². The molecular formula is C19H12F3N. The fourth-order valence-corrected chi connectivity index (χ4v) is 3.09. The molecule has 0 fully saturated rings. The maximum atomic E-state index is 13.4. The second-order valence-corrected chi connectivity index (χ2v) is 5.57. The van der Waals surface area contributed by atoms with Crippen LogP contribution >= 0.6 is 0 Å². The van der Waals surface area contributed by atoms with E-state index in [-0.39, 0.29) is 11.5 Å². The van der Waals surface area contributed by atoms with Gasteiger partial charge < -0.3 is 0 Å². The molecule has 2 aromatic rings. The van der Waals surface area contributed by atoms with E-state index in [1.54, 1.807) is 30.3 Å². The standard InChI is InChI=1S/C19H12F3N/c20-19(21,22)18-16(15-7-3-4-8-17(15)23-18)11-13-10-9-12-5-1-2-6-14(12)13/h1-11,13H. The highest BCUT2D eigenvalue weighted by molar-refractivity contribution is 6.31. The Morgan fingerprint density at radius 1 is 0.957 bits per heavy atom. The summed E-state index contributed by atoms with van der Waals surface area (Å²) in [6, 6.07) is 14.5. The molecule has 0 aromatic heterocycles. The lowest BCUT2D eigenvalue weighted by Gasteiger charge is -2.12. The number of hydrogen-bond donors (Lipinski definition) is 0. The van der Waals surface area contributed by atoms with Crippen LogP contribution in [0.1, 0.15) is 22.6 Å². The smallest absolute Gasteiger partial charge is 0.243 e. The molecule has 0 N–H and O–H groups in total. The minimum absolute atomic E-state index is 0.166. The van der Waals surface area contributed by atoms with Gasteiger partial charge in [0, 0.05) is 17.1 Å². The number of nitrogens with zero attached hydrogens (tertiary/aromatic N) is 1. The average Bonchev–Trinajstić information content (AvgIpc) is 3.10. The van der Waals surface area contributed by atoms with Crippen molar-refractivity contribution in [3.63, 3.8) is 0 Å². The molecule has 2 aromatic carbocycles. The lowest BCUT2D eigenvalue weighted by Crippen LogP contribution is -2.22. The molecular weight excluding hydrogens is 299 g/mol. The first-order valence-corrected chi connectivity index (χ1v) is 7.28. The van der Waals surface area contributed by atoms with Gasteiger partial charge >= 0.3 is 6.18 Å². The van der Waals surface area contributed by atoms with Crippen LogP contribution in [-0.4, -0.2) is 11.9 Å². The summed E-state index contributed by atoms with van der Waals surface area (Å²) in [6.07, 6.45) is 1.07. The second-order valence-electron chi connectivity index (χ2n) is 5.57. The van der Waals surface area contributed by atoms with Gasteiger partial charge in [-0.15, -0.1) is 0 Å². The van der Waals surface area contributed by atoms with E-state index < -0.39 is 11.9 Å². The molecule has 1 atom stereocenters. The van der Waals surface area contributed by atoms with Crippen LogP contribution < -0.4 is 0 Å². The summed E-state index contributed by atoms with van der Waals surface area (Å²) >= 11 is 0. The zero-order chi connectivity index (χ0) is 16.0. The summed E-state index contributed by atoms with van der Waals surface area (Å²) < 4.78 is 40.1. The summed E-state index contributed by atoms with van der Waals surface area (Å²) in [5.74, 6) is -0.167. The third-order valence-corrected chi connectivity index (χ3v) is 4.13. The van der Waals surface area contributed by atoms with Crippen molar-refractivity contribution in [1.29, 1.82) is 0 Å². The zero-order valence-electron chi connectivity index (χ0n) is 12.0. The van der Waals surface area contributed by atoms with Crippen molar-refractivity contribution < 1.29 is 13.2 Å². The molecule has 1 heterocycles. The maximum absolute atomic E-state index is 13.4. The number of aliphatic imine (C=N–C) groups is 1. The lowest BCUT2D eigenvalue weighted by molar-refractivity contribution is -0.0569. The van der Waals surface area contributed by atoms with E-state index in [0.29, 0.717) is 11.3 Å². The number of halogens is 3. The lowest BCUT2D eigenvalue weighted by atomic mass is 9.93. The third kappa shape index (κ3) is 2.31. The van der Waals surface area contributed by atoms with E-state index in [0.717, 1.165) is 11.1 Å². The minimum atomic E-state index is -4.47. The highest BCUT2D eigenvalue weighted by Crippen LogP contribution is 2.43. The molecule has 1 aliphatic carbocycles. The van der Waals surface area contributed by atoms with E-state index in [9.17, 15) is 13.2 Å². The van der Waals surface area contributed by atoms with Crippen LogP contribution in [-0.2, 0) is 0 Å². The number of fused-ring (bicyclic) bond motifs is 2. The highest BCUT2D eigenvalue weighted by atomic mass is 19.4. The summed E-state index contributed by atoms with van der Waals surface area (Å²) in [4.78, 5) is 3.80. The number of alkyl halides is 3. The molecule has 0 amide bonds. The van der Waals surface area contributed by atoms with Crippen LogP contribution in [0.5, 0.6) is 0 Å². The topological polar surface area (TPSA) is 12.4 Å². The van der Waals surface area contributed by atoms with Gasteiger partial charge in [-0.3, -0.25) is 0 Å². The Kier molecular flexibility index (Phi) is 3.01. The van der Waals surface area contributed by atoms with E-state index in [4.69, 9.17) is 0 Å². The van der Waals surface area contributed by atoms with Gasteiger partial charge in [0.05, 0.1) is 5.69 Å². The van der Waals surface area contributed by atoms with Crippen molar-refractivity contribution >= 4 is 23.0 Å². The van der Waals surface area contributed by atoms with Crippen molar-refractivity contribution in [1.82, 2.24) is 0 Å². The predicted molar refractivity (Wildman–Crippen MR) is 85.8 cm³/mol. The van der Waals surface area contributed by atoms with Gasteiger partial charge in [-0.25, -0.2) is 4.99 Å².